The maximum Gasteiger partial charge on any atom is 0.225 e. The Morgan fingerprint density at radius 3 is 2.42 bits per heavy atom. The Balaban J connectivity index is 2.08. The number of benzene rings is 1. The van der Waals surface area contributed by atoms with E-state index in [4.69, 9.17) is 5.73 Å². The van der Waals surface area contributed by atoms with E-state index in [1.165, 1.54) is 5.56 Å². The summed E-state index contributed by atoms with van der Waals surface area (Å²) in [5.41, 5.74) is 7.46. The van der Waals surface area contributed by atoms with Crippen LogP contribution in [0, 0.1) is 11.8 Å². The molecule has 0 bridgehead atoms. The first-order valence-electron chi connectivity index (χ1n) is 7.10. The SMILES string of the molecule is CC(C)C(C)C(=O)N1C[C@@H](N)[C@H](c2ccccc2)C1. The summed E-state index contributed by atoms with van der Waals surface area (Å²) in [5.74, 6) is 0.953. The highest BCUT2D eigenvalue weighted by atomic mass is 16.2. The van der Waals surface area contributed by atoms with Crippen LogP contribution in [0.3, 0.4) is 0 Å². The molecule has 104 valence electrons. The quantitative estimate of drug-likeness (QED) is 0.906. The molecule has 3 heteroatoms. The van der Waals surface area contributed by atoms with E-state index < -0.39 is 0 Å². The molecular weight excluding hydrogens is 236 g/mol. The number of hydrogen-bond acceptors (Lipinski definition) is 2. The van der Waals surface area contributed by atoms with Gasteiger partial charge in [0, 0.05) is 31.0 Å². The highest BCUT2D eigenvalue weighted by Crippen LogP contribution is 2.28. The molecule has 3 atom stereocenters. The molecule has 2 N–H and O–H groups in total. The van der Waals surface area contributed by atoms with Crippen LogP contribution in [0.4, 0.5) is 0 Å². The van der Waals surface area contributed by atoms with E-state index in [0.29, 0.717) is 12.5 Å². The summed E-state index contributed by atoms with van der Waals surface area (Å²) in [6.07, 6.45) is 0. The maximum absolute atomic E-state index is 12.4. The monoisotopic (exact) mass is 260 g/mol. The lowest BCUT2D eigenvalue weighted by molar-refractivity contribution is -0.135. The van der Waals surface area contributed by atoms with Gasteiger partial charge in [0.15, 0.2) is 0 Å². The van der Waals surface area contributed by atoms with Gasteiger partial charge in [-0.3, -0.25) is 4.79 Å². The lowest BCUT2D eigenvalue weighted by Gasteiger charge is -2.23. The predicted molar refractivity (Wildman–Crippen MR) is 77.7 cm³/mol. The Bertz CT molecular complexity index is 430. The Morgan fingerprint density at radius 2 is 1.84 bits per heavy atom. The average Bonchev–Trinajstić information content (AvgIpc) is 2.80. The van der Waals surface area contributed by atoms with Crippen molar-refractivity contribution in [3.63, 3.8) is 0 Å². The first-order valence-corrected chi connectivity index (χ1v) is 7.10. The van der Waals surface area contributed by atoms with Crippen molar-refractivity contribution in [1.82, 2.24) is 4.90 Å². The highest BCUT2D eigenvalue weighted by molar-refractivity contribution is 5.79. The number of carbonyl (C=O) groups is 1. The lowest BCUT2D eigenvalue weighted by atomic mass is 9.95. The van der Waals surface area contributed by atoms with Gasteiger partial charge in [0.2, 0.25) is 5.91 Å². The summed E-state index contributed by atoms with van der Waals surface area (Å²) in [7, 11) is 0. The molecule has 1 fully saturated rings. The zero-order valence-electron chi connectivity index (χ0n) is 12.0. The predicted octanol–water partition coefficient (Wildman–Crippen LogP) is 2.23. The van der Waals surface area contributed by atoms with Gasteiger partial charge >= 0.3 is 0 Å². The minimum atomic E-state index is 0.0470. The summed E-state index contributed by atoms with van der Waals surface area (Å²) in [6.45, 7) is 7.62. The number of likely N-dealkylation sites (tertiary alicyclic amines) is 1. The van der Waals surface area contributed by atoms with Crippen molar-refractivity contribution in [3.8, 4) is 0 Å². The molecule has 1 unspecified atom stereocenters. The third-order valence-corrected chi connectivity index (χ3v) is 4.29. The topological polar surface area (TPSA) is 46.3 Å². The van der Waals surface area contributed by atoms with Crippen molar-refractivity contribution >= 4 is 5.91 Å². The zero-order valence-corrected chi connectivity index (χ0v) is 12.0. The molecule has 1 saturated heterocycles. The lowest BCUT2D eigenvalue weighted by Crippen LogP contribution is -2.37. The van der Waals surface area contributed by atoms with Crippen molar-refractivity contribution in [2.45, 2.75) is 32.7 Å². The Hall–Kier alpha value is -1.35. The van der Waals surface area contributed by atoms with Gasteiger partial charge in [0.25, 0.3) is 0 Å². The van der Waals surface area contributed by atoms with Crippen LogP contribution in [0.1, 0.15) is 32.3 Å². The van der Waals surface area contributed by atoms with Gasteiger partial charge in [-0.05, 0) is 11.5 Å². The Morgan fingerprint density at radius 1 is 1.21 bits per heavy atom. The van der Waals surface area contributed by atoms with Crippen LogP contribution in [0.2, 0.25) is 0 Å². The summed E-state index contributed by atoms with van der Waals surface area (Å²) in [6, 6.07) is 10.3. The summed E-state index contributed by atoms with van der Waals surface area (Å²) in [5, 5.41) is 0. The number of amides is 1. The van der Waals surface area contributed by atoms with Gasteiger partial charge in [-0.2, -0.15) is 0 Å². The van der Waals surface area contributed by atoms with Crippen LogP contribution in [0.15, 0.2) is 30.3 Å². The zero-order chi connectivity index (χ0) is 14.0. The molecule has 19 heavy (non-hydrogen) atoms. The maximum atomic E-state index is 12.4. The van der Waals surface area contributed by atoms with E-state index in [1.807, 2.05) is 30.0 Å². The highest BCUT2D eigenvalue weighted by Gasteiger charge is 2.35. The van der Waals surface area contributed by atoms with E-state index in [2.05, 4.69) is 26.0 Å². The van der Waals surface area contributed by atoms with E-state index in [0.717, 1.165) is 6.54 Å². The first kappa shape index (κ1) is 14.1. The summed E-state index contributed by atoms with van der Waals surface area (Å²) >= 11 is 0. The molecule has 2 rings (SSSR count). The molecular formula is C16H24N2O. The van der Waals surface area contributed by atoms with Crippen LogP contribution in [-0.2, 0) is 4.79 Å². The van der Waals surface area contributed by atoms with E-state index in [9.17, 15) is 4.79 Å². The van der Waals surface area contributed by atoms with E-state index >= 15 is 0 Å². The smallest absolute Gasteiger partial charge is 0.225 e. The molecule has 1 aliphatic heterocycles. The second-order valence-electron chi connectivity index (χ2n) is 5.96. The molecule has 3 nitrogen and oxygen atoms in total. The second-order valence-corrected chi connectivity index (χ2v) is 5.96. The van der Waals surface area contributed by atoms with Crippen LogP contribution in [0.5, 0.6) is 0 Å². The summed E-state index contributed by atoms with van der Waals surface area (Å²) < 4.78 is 0. The number of hydrogen-bond donors (Lipinski definition) is 1. The van der Waals surface area contributed by atoms with Gasteiger partial charge in [-0.25, -0.2) is 0 Å². The third-order valence-electron chi connectivity index (χ3n) is 4.29. The van der Waals surface area contributed by atoms with Gasteiger partial charge < -0.3 is 10.6 Å². The molecule has 0 aromatic heterocycles. The summed E-state index contributed by atoms with van der Waals surface area (Å²) in [4.78, 5) is 14.3. The molecule has 1 aromatic carbocycles. The number of nitrogens with zero attached hydrogens (tertiary/aromatic N) is 1. The standard InChI is InChI=1S/C16H24N2O/c1-11(2)12(3)16(19)18-9-14(15(17)10-18)13-7-5-4-6-8-13/h4-8,11-12,14-15H,9-10,17H2,1-3H3/t12?,14-,15+/m0/s1. The van der Waals surface area contributed by atoms with Crippen LogP contribution in [0.25, 0.3) is 0 Å². The normalized spacial score (nSPS) is 24.8. The Kier molecular flexibility index (Phi) is 4.25. The van der Waals surface area contributed by atoms with Gasteiger partial charge in [0.1, 0.15) is 0 Å². The average molecular weight is 260 g/mol. The van der Waals surface area contributed by atoms with Crippen LogP contribution >= 0.6 is 0 Å². The van der Waals surface area contributed by atoms with Crippen molar-refractivity contribution in [2.24, 2.45) is 17.6 Å². The van der Waals surface area contributed by atoms with Crippen LogP contribution < -0.4 is 5.73 Å². The van der Waals surface area contributed by atoms with Crippen molar-refractivity contribution < 1.29 is 4.79 Å². The van der Waals surface area contributed by atoms with Crippen molar-refractivity contribution in [2.75, 3.05) is 13.1 Å². The molecule has 1 aromatic rings. The fraction of sp³-hybridized carbons (Fsp3) is 0.562. The fourth-order valence-electron chi connectivity index (χ4n) is 2.64. The molecule has 0 spiro atoms. The second kappa shape index (κ2) is 5.74. The minimum Gasteiger partial charge on any atom is -0.340 e. The molecule has 0 aliphatic carbocycles. The number of carbonyl (C=O) groups excluding carboxylic acids is 1. The Labute approximate surface area is 115 Å². The number of rotatable bonds is 3. The molecule has 0 radical (unpaired) electrons. The first-order chi connectivity index (χ1) is 9.00. The van der Waals surface area contributed by atoms with E-state index in [-0.39, 0.29) is 23.8 Å². The molecule has 1 heterocycles. The number of nitrogens with two attached hydrogens (primary N) is 1. The molecule has 0 saturated carbocycles. The van der Waals surface area contributed by atoms with Crippen LogP contribution in [-0.4, -0.2) is 29.9 Å². The minimum absolute atomic E-state index is 0.0470. The van der Waals surface area contributed by atoms with E-state index in [1.54, 1.807) is 0 Å². The largest absolute Gasteiger partial charge is 0.340 e. The molecule has 1 aliphatic rings. The van der Waals surface area contributed by atoms with Gasteiger partial charge in [-0.1, -0.05) is 51.1 Å². The third kappa shape index (κ3) is 2.98. The fourth-order valence-corrected chi connectivity index (χ4v) is 2.64. The van der Waals surface area contributed by atoms with Crippen molar-refractivity contribution in [1.29, 1.82) is 0 Å². The van der Waals surface area contributed by atoms with Crippen molar-refractivity contribution in [3.05, 3.63) is 35.9 Å². The molecule has 1 amide bonds. The van der Waals surface area contributed by atoms with Gasteiger partial charge in [0.05, 0.1) is 0 Å². The van der Waals surface area contributed by atoms with Gasteiger partial charge in [-0.15, -0.1) is 0 Å².